The van der Waals surface area contributed by atoms with Crippen LogP contribution >= 0.6 is 0 Å². The van der Waals surface area contributed by atoms with Crippen LogP contribution in [0.15, 0.2) is 217 Å². The van der Waals surface area contributed by atoms with Crippen LogP contribution < -0.4 is 4.90 Å². The maximum atomic E-state index is 6.58. The van der Waals surface area contributed by atoms with E-state index in [1.165, 1.54) is 72.1 Å². The van der Waals surface area contributed by atoms with Gasteiger partial charge < -0.3 is 9.32 Å². The van der Waals surface area contributed by atoms with Crippen LogP contribution in [0.5, 0.6) is 0 Å². The second kappa shape index (κ2) is 14.3. The normalized spacial score (nSPS) is 14.0. The molecule has 1 aromatic heterocycles. The van der Waals surface area contributed by atoms with Gasteiger partial charge in [-0.2, -0.15) is 0 Å². The summed E-state index contributed by atoms with van der Waals surface area (Å²) < 4.78 is 6.58. The summed E-state index contributed by atoms with van der Waals surface area (Å²) in [5, 5.41) is 4.60. The van der Waals surface area contributed by atoms with Crippen molar-refractivity contribution in [3.05, 3.63) is 235 Å². The smallest absolute Gasteiger partial charge is 0.143 e. The third kappa shape index (κ3) is 5.67. The highest BCUT2D eigenvalue weighted by Crippen LogP contribution is 2.53. The first-order chi connectivity index (χ1) is 32.2. The molecular weight excluding hydrogens is 799 g/mol. The summed E-state index contributed by atoms with van der Waals surface area (Å²) in [6.45, 7) is 9.43. The number of nitrogens with zero attached hydrogens (tertiary/aromatic N) is 1. The van der Waals surface area contributed by atoms with Crippen LogP contribution in [0.3, 0.4) is 0 Å². The van der Waals surface area contributed by atoms with E-state index in [0.29, 0.717) is 0 Å². The summed E-state index contributed by atoms with van der Waals surface area (Å²) in [6, 6.07) is 78.2. The molecule has 0 radical (unpaired) electrons. The fourth-order valence-electron chi connectivity index (χ4n) is 11.6. The van der Waals surface area contributed by atoms with Crippen molar-refractivity contribution >= 4 is 49.8 Å². The first kappa shape index (κ1) is 38.5. The fourth-order valence-corrected chi connectivity index (χ4v) is 11.6. The third-order valence-electron chi connectivity index (χ3n) is 14.9. The second-order valence-electron chi connectivity index (χ2n) is 19.2. The summed E-state index contributed by atoms with van der Waals surface area (Å²) >= 11 is 0. The minimum absolute atomic E-state index is 0.0544. The van der Waals surface area contributed by atoms with Crippen LogP contribution in [0.1, 0.15) is 49.9 Å². The van der Waals surface area contributed by atoms with E-state index in [-0.39, 0.29) is 10.8 Å². The molecule has 0 amide bonds. The maximum Gasteiger partial charge on any atom is 0.143 e. The lowest BCUT2D eigenvalue weighted by atomic mass is 9.79. The molecule has 314 valence electrons. The van der Waals surface area contributed by atoms with E-state index in [1.807, 2.05) is 0 Å². The van der Waals surface area contributed by atoms with Gasteiger partial charge in [-0.05, 0) is 138 Å². The second-order valence-corrected chi connectivity index (χ2v) is 19.2. The highest BCUT2D eigenvalue weighted by Gasteiger charge is 2.38. The molecule has 0 saturated heterocycles. The van der Waals surface area contributed by atoms with E-state index in [9.17, 15) is 0 Å². The van der Waals surface area contributed by atoms with Crippen LogP contribution in [0.2, 0.25) is 0 Å². The Kier molecular flexibility index (Phi) is 8.33. The molecule has 0 N–H and O–H groups in total. The number of hydrogen-bond acceptors (Lipinski definition) is 2. The largest absolute Gasteiger partial charge is 0.455 e. The minimum Gasteiger partial charge on any atom is -0.455 e. The van der Waals surface area contributed by atoms with Crippen LogP contribution in [-0.4, -0.2) is 0 Å². The van der Waals surface area contributed by atoms with Gasteiger partial charge in [-0.25, -0.2) is 0 Å². The van der Waals surface area contributed by atoms with E-state index in [2.05, 4.69) is 245 Å². The molecule has 1 heterocycles. The number of fused-ring (bicyclic) bond motifs is 11. The third-order valence-corrected chi connectivity index (χ3v) is 14.9. The van der Waals surface area contributed by atoms with Gasteiger partial charge in [0, 0.05) is 44.1 Å². The predicted molar refractivity (Wildman–Crippen MR) is 277 cm³/mol. The van der Waals surface area contributed by atoms with Gasteiger partial charge in [0.2, 0.25) is 0 Å². The molecule has 0 fully saturated rings. The molecule has 2 nitrogen and oxygen atoms in total. The van der Waals surface area contributed by atoms with Crippen molar-refractivity contribution in [1.82, 2.24) is 0 Å². The van der Waals surface area contributed by atoms with Crippen molar-refractivity contribution in [2.75, 3.05) is 4.90 Å². The molecule has 13 rings (SSSR count). The number of furan rings is 1. The van der Waals surface area contributed by atoms with Crippen molar-refractivity contribution < 1.29 is 4.42 Å². The standard InChI is InChI=1S/C64H47NO/c1-63(2)56-20-9-7-15-51(56)53-37-30-44(39-58(53)63)40-23-31-45(32-24-40)65(47-35-27-43(28-36-47)49-18-11-19-54-52-16-8-10-21-57(52)64(3,4)61(49)54)46-33-25-42(26-34-46)48-17-12-22-59-60(48)55-38-29-41-13-5-6-14-50(41)62(55)66-59/h5-39H,1-4H3. The molecule has 0 spiro atoms. The summed E-state index contributed by atoms with van der Waals surface area (Å²) in [4.78, 5) is 2.38. The monoisotopic (exact) mass is 845 g/mol. The van der Waals surface area contributed by atoms with Crippen molar-refractivity contribution in [1.29, 1.82) is 0 Å². The fraction of sp³-hybridized carbons (Fsp3) is 0.0938. The molecule has 0 aliphatic heterocycles. The lowest BCUT2D eigenvalue weighted by Crippen LogP contribution is -2.16. The quantitative estimate of drug-likeness (QED) is 0.166. The van der Waals surface area contributed by atoms with E-state index >= 15 is 0 Å². The maximum absolute atomic E-state index is 6.58. The van der Waals surface area contributed by atoms with E-state index < -0.39 is 0 Å². The first-order valence-electron chi connectivity index (χ1n) is 23.2. The Morgan fingerprint density at radius 1 is 0.348 bits per heavy atom. The molecule has 2 aliphatic rings. The number of hydrogen-bond donors (Lipinski definition) is 0. The molecule has 11 aromatic rings. The van der Waals surface area contributed by atoms with E-state index in [0.717, 1.165) is 55.5 Å². The summed E-state index contributed by atoms with van der Waals surface area (Å²) in [6.07, 6.45) is 0. The zero-order chi connectivity index (χ0) is 44.3. The van der Waals surface area contributed by atoms with Crippen molar-refractivity contribution in [3.63, 3.8) is 0 Å². The van der Waals surface area contributed by atoms with Crippen LogP contribution in [-0.2, 0) is 10.8 Å². The molecule has 10 aromatic carbocycles. The Bertz CT molecular complexity index is 3740. The average molecular weight is 846 g/mol. The molecule has 0 unspecified atom stereocenters. The highest BCUT2D eigenvalue weighted by molar-refractivity contribution is 6.19. The van der Waals surface area contributed by atoms with Gasteiger partial charge in [-0.3, -0.25) is 0 Å². The molecular formula is C64H47NO. The molecule has 2 heteroatoms. The average Bonchev–Trinajstić information content (AvgIpc) is 3.95. The van der Waals surface area contributed by atoms with Gasteiger partial charge in [0.25, 0.3) is 0 Å². The van der Waals surface area contributed by atoms with E-state index in [4.69, 9.17) is 4.42 Å². The Morgan fingerprint density at radius 2 is 0.864 bits per heavy atom. The van der Waals surface area contributed by atoms with Crippen molar-refractivity contribution in [3.8, 4) is 55.6 Å². The molecule has 66 heavy (non-hydrogen) atoms. The Hall–Kier alpha value is -7.94. The van der Waals surface area contributed by atoms with Gasteiger partial charge in [-0.15, -0.1) is 0 Å². The predicted octanol–water partition coefficient (Wildman–Crippen LogP) is 17.8. The van der Waals surface area contributed by atoms with Gasteiger partial charge in [0.05, 0.1) is 0 Å². The summed E-state index contributed by atoms with van der Waals surface area (Å²) in [5.41, 5.74) is 23.2. The Labute approximate surface area is 386 Å². The Balaban J connectivity index is 0.900. The number of rotatable bonds is 6. The van der Waals surface area contributed by atoms with Crippen molar-refractivity contribution in [2.45, 2.75) is 38.5 Å². The number of anilines is 3. The molecule has 2 aliphatic carbocycles. The summed E-state index contributed by atoms with van der Waals surface area (Å²) in [5.74, 6) is 0. The zero-order valence-corrected chi connectivity index (χ0v) is 37.6. The van der Waals surface area contributed by atoms with Gasteiger partial charge in [0.15, 0.2) is 0 Å². The van der Waals surface area contributed by atoms with Gasteiger partial charge >= 0.3 is 0 Å². The van der Waals surface area contributed by atoms with Crippen LogP contribution in [0.4, 0.5) is 17.1 Å². The minimum atomic E-state index is -0.101. The SMILES string of the molecule is CC1(C)c2ccccc2-c2ccc(-c3ccc(N(c4ccc(-c5cccc6c5C(C)(C)c5ccccc5-6)cc4)c4ccc(-c5cccc6oc7c8ccccc8ccc7c56)cc4)cc3)cc21. The van der Waals surface area contributed by atoms with Crippen molar-refractivity contribution in [2.24, 2.45) is 0 Å². The highest BCUT2D eigenvalue weighted by atomic mass is 16.3. The topological polar surface area (TPSA) is 16.4 Å². The molecule has 0 atom stereocenters. The van der Waals surface area contributed by atoms with Crippen LogP contribution in [0.25, 0.3) is 88.3 Å². The summed E-state index contributed by atoms with van der Waals surface area (Å²) in [7, 11) is 0. The first-order valence-corrected chi connectivity index (χ1v) is 23.2. The number of benzene rings is 10. The lowest BCUT2D eigenvalue weighted by molar-refractivity contribution is 0.660. The van der Waals surface area contributed by atoms with Gasteiger partial charge in [-0.1, -0.05) is 185 Å². The van der Waals surface area contributed by atoms with Crippen LogP contribution in [0, 0.1) is 0 Å². The van der Waals surface area contributed by atoms with Gasteiger partial charge in [0.1, 0.15) is 11.2 Å². The Morgan fingerprint density at radius 3 is 1.58 bits per heavy atom. The zero-order valence-electron chi connectivity index (χ0n) is 37.6. The van der Waals surface area contributed by atoms with E-state index in [1.54, 1.807) is 0 Å². The lowest BCUT2D eigenvalue weighted by Gasteiger charge is -2.27. The molecule has 0 saturated carbocycles. The molecule has 0 bridgehead atoms.